The quantitative estimate of drug-likeness (QED) is 0.676. The first-order valence-corrected chi connectivity index (χ1v) is 4.50. The number of benzene rings is 1. The summed E-state index contributed by atoms with van der Waals surface area (Å²) < 4.78 is 40.4. The van der Waals surface area contributed by atoms with Gasteiger partial charge in [-0.05, 0) is 12.1 Å². The minimum absolute atomic E-state index is 0. The fourth-order valence-corrected chi connectivity index (χ4v) is 1.04. The third-order valence-corrected chi connectivity index (χ3v) is 1.77. The second-order valence-electron chi connectivity index (χ2n) is 3.41. The monoisotopic (exact) mass is 257 g/mol. The summed E-state index contributed by atoms with van der Waals surface area (Å²) in [4.78, 5) is 1.80. The molecule has 0 aromatic heterocycles. The summed E-state index contributed by atoms with van der Waals surface area (Å²) in [6.45, 7) is -6.09. The van der Waals surface area contributed by atoms with Gasteiger partial charge in [0.25, 0.3) is 0 Å². The molecule has 0 aliphatic carbocycles. The maximum absolute atomic E-state index is 11.9. The van der Waals surface area contributed by atoms with E-state index in [1.807, 2.05) is 14.1 Å². The van der Waals surface area contributed by atoms with Crippen LogP contribution in [0.2, 0.25) is 0 Å². The molecule has 0 aliphatic heterocycles. The maximum Gasteiger partial charge on any atom is 1.00 e. The largest absolute Gasteiger partial charge is 1.00 e. The van der Waals surface area contributed by atoms with Crippen LogP contribution < -0.4 is 61.0 Å². The van der Waals surface area contributed by atoms with Crippen molar-refractivity contribution in [1.82, 2.24) is 0 Å². The van der Waals surface area contributed by atoms with Gasteiger partial charge in [-0.25, -0.2) is 0 Å². The average molecular weight is 257 g/mol. The van der Waals surface area contributed by atoms with Crippen molar-refractivity contribution in [2.45, 2.75) is 0 Å². The van der Waals surface area contributed by atoms with Crippen LogP contribution in [0.5, 0.6) is 5.75 Å². The van der Waals surface area contributed by atoms with E-state index in [9.17, 15) is 12.9 Å². The van der Waals surface area contributed by atoms with Crippen molar-refractivity contribution in [3.05, 3.63) is 24.3 Å². The second-order valence-corrected chi connectivity index (χ2v) is 3.41. The van der Waals surface area contributed by atoms with Gasteiger partial charge >= 0.3 is 58.4 Å². The standard InChI is InChI=1S/C9H12BF3NO.K/c1-14(2)8-4-3-5-9(6-8)15-7-10(11,12)13;/h3-6H,7H2,1-2H3;/q-1;+1. The predicted molar refractivity (Wildman–Crippen MR) is 55.3 cm³/mol. The van der Waals surface area contributed by atoms with Gasteiger partial charge < -0.3 is 22.6 Å². The maximum atomic E-state index is 11.9. The van der Waals surface area contributed by atoms with E-state index in [2.05, 4.69) is 4.74 Å². The van der Waals surface area contributed by atoms with Gasteiger partial charge in [-0.3, -0.25) is 0 Å². The van der Waals surface area contributed by atoms with Crippen molar-refractivity contribution in [1.29, 1.82) is 0 Å². The Morgan fingerprint density at radius 1 is 1.25 bits per heavy atom. The summed E-state index contributed by atoms with van der Waals surface area (Å²) in [7, 11) is 3.62. The van der Waals surface area contributed by atoms with E-state index >= 15 is 0 Å². The van der Waals surface area contributed by atoms with Gasteiger partial charge in [-0.2, -0.15) is 0 Å². The zero-order valence-electron chi connectivity index (χ0n) is 9.58. The molecule has 1 aromatic carbocycles. The van der Waals surface area contributed by atoms with Crippen molar-refractivity contribution >= 4 is 12.7 Å². The molecule has 0 fully saturated rings. The van der Waals surface area contributed by atoms with Crippen molar-refractivity contribution in [3.8, 4) is 5.75 Å². The molecule has 0 saturated carbocycles. The fraction of sp³-hybridized carbons (Fsp3) is 0.333. The molecule has 1 aromatic rings. The van der Waals surface area contributed by atoms with Crippen LogP contribution in [0.25, 0.3) is 0 Å². The summed E-state index contributed by atoms with van der Waals surface area (Å²) in [5.41, 5.74) is 0.808. The summed E-state index contributed by atoms with van der Waals surface area (Å²) in [6.07, 6.45) is 0. The van der Waals surface area contributed by atoms with Crippen LogP contribution in [0.15, 0.2) is 24.3 Å². The van der Waals surface area contributed by atoms with E-state index in [4.69, 9.17) is 0 Å². The van der Waals surface area contributed by atoms with Gasteiger partial charge in [-0.15, -0.1) is 0 Å². The number of anilines is 1. The normalized spacial score (nSPS) is 10.6. The second kappa shape index (κ2) is 6.90. The Hall–Kier alpha value is 0.311. The first-order valence-electron chi connectivity index (χ1n) is 4.50. The third-order valence-electron chi connectivity index (χ3n) is 1.77. The van der Waals surface area contributed by atoms with E-state index in [0.29, 0.717) is 0 Å². The molecule has 0 heterocycles. The van der Waals surface area contributed by atoms with Gasteiger partial charge in [0.2, 0.25) is 0 Å². The number of hydrogen-bond donors (Lipinski definition) is 0. The molecular formula is C9H12BF3KNO. The van der Waals surface area contributed by atoms with Gasteiger partial charge in [0.05, 0.1) is 6.51 Å². The van der Waals surface area contributed by atoms with Crippen LogP contribution in [-0.2, 0) is 0 Å². The van der Waals surface area contributed by atoms with Crippen LogP contribution in [0.4, 0.5) is 18.6 Å². The number of hydrogen-bond acceptors (Lipinski definition) is 2. The molecule has 7 heteroatoms. The van der Waals surface area contributed by atoms with E-state index in [1.54, 1.807) is 23.1 Å². The van der Waals surface area contributed by atoms with Crippen molar-refractivity contribution in [2.75, 3.05) is 25.5 Å². The molecule has 1 rings (SSSR count). The van der Waals surface area contributed by atoms with E-state index in [-0.39, 0.29) is 57.1 Å². The van der Waals surface area contributed by atoms with Crippen molar-refractivity contribution in [3.63, 3.8) is 0 Å². The molecule has 0 saturated heterocycles. The Labute approximate surface area is 136 Å². The molecule has 0 aliphatic rings. The van der Waals surface area contributed by atoms with Gasteiger partial charge in [0, 0.05) is 25.8 Å². The minimum atomic E-state index is -4.89. The topological polar surface area (TPSA) is 12.5 Å². The zero-order valence-corrected chi connectivity index (χ0v) is 12.7. The van der Waals surface area contributed by atoms with Gasteiger partial charge in [-0.1, -0.05) is 6.07 Å². The molecule has 0 N–H and O–H groups in total. The molecule has 0 spiro atoms. The molecule has 2 nitrogen and oxygen atoms in total. The number of rotatable bonds is 4. The van der Waals surface area contributed by atoms with E-state index in [1.165, 1.54) is 6.07 Å². The Morgan fingerprint density at radius 2 is 1.88 bits per heavy atom. The van der Waals surface area contributed by atoms with Crippen LogP contribution in [-0.4, -0.2) is 27.6 Å². The predicted octanol–water partition coefficient (Wildman–Crippen LogP) is -0.478. The SMILES string of the molecule is CN(C)c1cccc(OC[B-](F)(F)F)c1.[K+]. The molecule has 84 valence electrons. The number of nitrogens with zero attached hydrogens (tertiary/aromatic N) is 1. The molecular weight excluding hydrogens is 245 g/mol. The summed E-state index contributed by atoms with van der Waals surface area (Å²) in [6, 6.07) is 6.54. The Kier molecular flexibility index (Phi) is 7.04. The summed E-state index contributed by atoms with van der Waals surface area (Å²) >= 11 is 0. The Balaban J connectivity index is 0.00000225. The molecule has 0 unspecified atom stereocenters. The first kappa shape index (κ1) is 16.3. The van der Waals surface area contributed by atoms with Crippen molar-refractivity contribution < 1.29 is 69.1 Å². The molecule has 0 atom stereocenters. The summed E-state index contributed by atoms with van der Waals surface area (Å²) in [5.74, 6) is 0.236. The van der Waals surface area contributed by atoms with Crippen LogP contribution in [0, 0.1) is 0 Å². The first-order chi connectivity index (χ1) is 6.88. The molecule has 0 bridgehead atoms. The third kappa shape index (κ3) is 6.15. The Morgan fingerprint density at radius 3 is 2.38 bits per heavy atom. The Bertz CT molecular complexity index is 333. The molecule has 0 radical (unpaired) electrons. The van der Waals surface area contributed by atoms with Crippen LogP contribution >= 0.6 is 0 Å². The molecule has 0 amide bonds. The van der Waals surface area contributed by atoms with Crippen LogP contribution in [0.3, 0.4) is 0 Å². The zero-order chi connectivity index (χ0) is 11.5. The summed E-state index contributed by atoms with van der Waals surface area (Å²) in [5, 5.41) is 0. The average Bonchev–Trinajstić information content (AvgIpc) is 2.14. The molecule has 16 heavy (non-hydrogen) atoms. The minimum Gasteiger partial charge on any atom is -0.522 e. The number of halogens is 3. The van der Waals surface area contributed by atoms with Crippen molar-refractivity contribution in [2.24, 2.45) is 0 Å². The van der Waals surface area contributed by atoms with E-state index < -0.39 is 13.5 Å². The number of ether oxygens (including phenoxy) is 1. The fourth-order valence-electron chi connectivity index (χ4n) is 1.04. The van der Waals surface area contributed by atoms with Crippen LogP contribution in [0.1, 0.15) is 0 Å². The van der Waals surface area contributed by atoms with E-state index in [0.717, 1.165) is 5.69 Å². The van der Waals surface area contributed by atoms with Gasteiger partial charge in [0.15, 0.2) is 0 Å². The smallest absolute Gasteiger partial charge is 0.522 e. The van der Waals surface area contributed by atoms with Gasteiger partial charge in [0.1, 0.15) is 5.75 Å².